The van der Waals surface area contributed by atoms with Gasteiger partial charge in [-0.05, 0) is 0 Å². The normalized spacial score (nSPS) is 11.2. The summed E-state index contributed by atoms with van der Waals surface area (Å²) in [6.45, 7) is 5.50. The molecule has 0 spiro atoms. The van der Waals surface area contributed by atoms with Crippen LogP contribution in [-0.4, -0.2) is 9.98 Å². The molecule has 0 unspecified atom stereocenters. The molecule has 20 heavy (non-hydrogen) atoms. The molecule has 2 nitrogen and oxygen atoms in total. The number of nitriles is 1. The Hall–Kier alpha value is -2.17. The molecule has 2 aromatic rings. The smallest absolute Gasteiger partial charge is 0.358 e. The zero-order valence-electron chi connectivity index (χ0n) is 11.0. The van der Waals surface area contributed by atoms with Crippen molar-refractivity contribution in [3.8, 4) is 6.07 Å². The van der Waals surface area contributed by atoms with E-state index in [0.29, 0.717) is 5.56 Å². The first-order valence-electron chi connectivity index (χ1n) is 5.63. The Bertz CT molecular complexity index is 727. The molecule has 104 valence electrons. The van der Waals surface area contributed by atoms with Gasteiger partial charge in [-0.3, -0.25) is 0 Å². The topological polar surface area (TPSA) is 39.6 Å². The Morgan fingerprint density at radius 3 is 2.85 bits per heavy atom. The van der Waals surface area contributed by atoms with Crippen LogP contribution in [0.25, 0.3) is 17.0 Å². The number of allylic oxidation sites excluding steroid dienone is 4. The number of H-pyrrole nitrogens is 1. The van der Waals surface area contributed by atoms with E-state index in [1.807, 2.05) is 30.5 Å². The van der Waals surface area contributed by atoms with Gasteiger partial charge in [0.15, 0.2) is 0 Å². The van der Waals surface area contributed by atoms with Crippen molar-refractivity contribution >= 4 is 22.0 Å². The number of nitrogens with one attached hydrogen (secondary N) is 1. The predicted octanol–water partition coefficient (Wildman–Crippen LogP) is 3.77. The first kappa shape index (κ1) is 15.9. The fourth-order valence-corrected chi connectivity index (χ4v) is 1.95. The fraction of sp³-hybridized carbons (Fsp3) is 0. The van der Waals surface area contributed by atoms with Crippen LogP contribution >= 0.6 is 0 Å². The van der Waals surface area contributed by atoms with Crippen molar-refractivity contribution in [1.82, 2.24) is 4.98 Å². The minimum atomic E-state index is 0. The summed E-state index contributed by atoms with van der Waals surface area (Å²) < 4.78 is 0. The van der Waals surface area contributed by atoms with E-state index in [4.69, 9.17) is 11.8 Å². The minimum absolute atomic E-state index is 0. The summed E-state index contributed by atoms with van der Waals surface area (Å²) in [6, 6.07) is 7.69. The molecular weight excluding hydrogens is 291 g/mol. The summed E-state index contributed by atoms with van der Waals surface area (Å²) in [7, 11) is 0. The Labute approximate surface area is 127 Å². The van der Waals surface area contributed by atoms with Crippen molar-refractivity contribution < 1.29 is 15.0 Å². The van der Waals surface area contributed by atoms with Crippen molar-refractivity contribution in [3.63, 3.8) is 0 Å². The van der Waals surface area contributed by atoms with Crippen molar-refractivity contribution in [2.45, 2.75) is 0 Å². The van der Waals surface area contributed by atoms with Gasteiger partial charge in [-0.1, -0.05) is 0 Å². The van der Waals surface area contributed by atoms with Crippen LogP contribution in [0.15, 0.2) is 48.2 Å². The quantitative estimate of drug-likeness (QED) is 0.521. The van der Waals surface area contributed by atoms with Crippen LogP contribution in [-0.2, 0) is 15.0 Å². The van der Waals surface area contributed by atoms with Gasteiger partial charge in [0.1, 0.15) is 0 Å². The van der Waals surface area contributed by atoms with Gasteiger partial charge in [0.2, 0.25) is 0 Å². The van der Waals surface area contributed by atoms with Crippen LogP contribution in [0.3, 0.4) is 0 Å². The van der Waals surface area contributed by atoms with Gasteiger partial charge in [0, 0.05) is 0 Å². The first-order chi connectivity index (χ1) is 9.28. The summed E-state index contributed by atoms with van der Waals surface area (Å²) >= 11 is 4.48. The van der Waals surface area contributed by atoms with E-state index in [1.54, 1.807) is 17.1 Å². The number of hydrogen-bond donors (Lipinski definition) is 1. The SMILES string of the molecule is [CH-]=CC(/C=C/c1c[nH]c2ccc(C#N)cc12)=C\[CH]=[Ni].[CH3-]. The molecule has 0 aliphatic carbocycles. The molecule has 1 aromatic carbocycles. The van der Waals surface area contributed by atoms with Crippen LogP contribution in [0.5, 0.6) is 0 Å². The number of nitrogens with zero attached hydrogens (tertiary/aromatic N) is 1. The molecule has 0 saturated heterocycles. The second-order valence-corrected chi connectivity index (χ2v) is 4.22. The standard InChI is InChI=1S/C16H11N2.CH3.Ni/c1-3-12(4-2)5-7-14-11-18-16-8-6-13(10-17)9-15(14)16;;/h1-9,11,18H;1H3;/q2*-1;/b7-5+,12-3+;;. The van der Waals surface area contributed by atoms with E-state index in [-0.39, 0.29) is 7.43 Å². The van der Waals surface area contributed by atoms with Crippen LogP contribution < -0.4 is 0 Å². The van der Waals surface area contributed by atoms with E-state index >= 15 is 0 Å². The maximum Gasteiger partial charge on any atom is -0.358 e. The number of benzene rings is 1. The van der Waals surface area contributed by atoms with Crippen LogP contribution in [0.1, 0.15) is 11.1 Å². The van der Waals surface area contributed by atoms with Gasteiger partial charge in [0.25, 0.3) is 0 Å². The zero-order chi connectivity index (χ0) is 13.7. The Morgan fingerprint density at radius 1 is 1.40 bits per heavy atom. The first-order valence-corrected chi connectivity index (χ1v) is 6.20. The summed E-state index contributed by atoms with van der Waals surface area (Å²) in [5, 5.41) is 9.94. The third kappa shape index (κ3) is 3.44. The second-order valence-electron chi connectivity index (χ2n) is 3.89. The van der Waals surface area contributed by atoms with E-state index < -0.39 is 0 Å². The van der Waals surface area contributed by atoms with Gasteiger partial charge in [-0.2, -0.15) is 0 Å². The minimum Gasteiger partial charge on any atom is -0.358 e. The molecule has 0 fully saturated rings. The molecule has 1 N–H and O–H groups in total. The molecule has 1 heterocycles. The largest absolute Gasteiger partial charge is 0.358 e. The van der Waals surface area contributed by atoms with Crippen molar-refractivity contribution in [2.75, 3.05) is 0 Å². The zero-order valence-corrected chi connectivity index (χ0v) is 12.0. The molecule has 1 aromatic heterocycles. The van der Waals surface area contributed by atoms with Crippen molar-refractivity contribution in [1.29, 1.82) is 5.26 Å². The number of hydrogen-bond acceptors (Lipinski definition) is 1. The van der Waals surface area contributed by atoms with Gasteiger partial charge in [-0.25, -0.2) is 0 Å². The van der Waals surface area contributed by atoms with E-state index in [1.165, 1.54) is 6.08 Å². The maximum absolute atomic E-state index is 8.93. The molecule has 3 heteroatoms. The molecule has 0 atom stereocenters. The molecule has 2 rings (SSSR count). The number of fused-ring (bicyclic) bond motifs is 1. The molecular formula is C17H14N2Ni-2. The summed E-state index contributed by atoms with van der Waals surface area (Å²) in [6.07, 6.45) is 9.00. The van der Waals surface area contributed by atoms with E-state index in [9.17, 15) is 0 Å². The van der Waals surface area contributed by atoms with Crippen molar-refractivity contribution in [3.05, 3.63) is 73.3 Å². The number of aromatic amines is 1. The van der Waals surface area contributed by atoms with E-state index in [2.05, 4.69) is 26.1 Å². The third-order valence-corrected chi connectivity index (χ3v) is 2.90. The van der Waals surface area contributed by atoms with E-state index in [0.717, 1.165) is 22.0 Å². The summed E-state index contributed by atoms with van der Waals surface area (Å²) in [5.41, 5.74) is 3.49. The van der Waals surface area contributed by atoms with Crippen LogP contribution in [0, 0.1) is 25.3 Å². The van der Waals surface area contributed by atoms with Gasteiger partial charge >= 0.3 is 119 Å². The fourth-order valence-electron chi connectivity index (χ4n) is 1.76. The maximum atomic E-state index is 8.93. The summed E-state index contributed by atoms with van der Waals surface area (Å²) in [5.74, 6) is 0. The molecule has 0 aliphatic rings. The monoisotopic (exact) mass is 304 g/mol. The molecule has 0 saturated carbocycles. The van der Waals surface area contributed by atoms with Crippen LogP contribution in [0.2, 0.25) is 0 Å². The Kier molecular flexibility index (Phi) is 5.90. The molecule has 0 amide bonds. The molecule has 0 aliphatic heterocycles. The van der Waals surface area contributed by atoms with Crippen LogP contribution in [0.4, 0.5) is 0 Å². The predicted molar refractivity (Wildman–Crippen MR) is 81.5 cm³/mol. The van der Waals surface area contributed by atoms with Gasteiger partial charge in [-0.15, -0.1) is 0 Å². The average molecular weight is 305 g/mol. The number of aromatic nitrogens is 1. The van der Waals surface area contributed by atoms with Gasteiger partial charge in [0.05, 0.1) is 0 Å². The number of rotatable bonds is 4. The second kappa shape index (κ2) is 7.43. The molecule has 0 bridgehead atoms. The van der Waals surface area contributed by atoms with Gasteiger partial charge < -0.3 is 7.43 Å². The Balaban J connectivity index is 0.00000200. The Morgan fingerprint density at radius 2 is 2.20 bits per heavy atom. The van der Waals surface area contributed by atoms with Crippen molar-refractivity contribution in [2.24, 2.45) is 0 Å². The molecule has 0 radical (unpaired) electrons. The summed E-state index contributed by atoms with van der Waals surface area (Å²) in [4.78, 5) is 4.73. The average Bonchev–Trinajstić information content (AvgIpc) is 2.85. The third-order valence-electron chi connectivity index (χ3n) is 2.74.